The first kappa shape index (κ1) is 18.2. The lowest BCUT2D eigenvalue weighted by atomic mass is 10.1. The van der Waals surface area contributed by atoms with Gasteiger partial charge in [-0.05, 0) is 18.9 Å². The van der Waals surface area contributed by atoms with Gasteiger partial charge in [-0.25, -0.2) is 9.18 Å². The number of halogens is 1. The molecule has 0 atom stereocenters. The number of hydrogen-bond donors (Lipinski definition) is 2. The number of hydrogen-bond acceptors (Lipinski definition) is 2. The van der Waals surface area contributed by atoms with Crippen molar-refractivity contribution in [2.45, 2.75) is 58.3 Å². The van der Waals surface area contributed by atoms with Gasteiger partial charge in [0, 0.05) is 29.2 Å². The first-order chi connectivity index (χ1) is 11.6. The molecule has 2 heterocycles. The number of aromatic amines is 1. The molecule has 5 heteroatoms. The van der Waals surface area contributed by atoms with Crippen LogP contribution < -0.4 is 0 Å². The monoisotopic (exact) mass is 332 g/mol. The summed E-state index contributed by atoms with van der Waals surface area (Å²) in [6.45, 7) is 2.22. The van der Waals surface area contributed by atoms with E-state index in [1.807, 2.05) is 6.07 Å². The quantitative estimate of drug-likeness (QED) is 0.587. The Balaban J connectivity index is 1.84. The molecule has 0 aliphatic heterocycles. The smallest absolute Gasteiger partial charge is 0.355 e. The summed E-state index contributed by atoms with van der Waals surface area (Å²) in [4.78, 5) is 17.7. The second-order valence-electron chi connectivity index (χ2n) is 6.11. The molecule has 2 aromatic heterocycles. The highest BCUT2D eigenvalue weighted by Gasteiger charge is 2.17. The highest BCUT2D eigenvalue weighted by Crippen LogP contribution is 2.24. The third-order valence-corrected chi connectivity index (χ3v) is 4.20. The maximum absolute atomic E-state index is 14.0. The van der Waals surface area contributed by atoms with Crippen molar-refractivity contribution in [3.8, 4) is 11.1 Å². The molecule has 0 amide bonds. The Kier molecular flexibility index (Phi) is 6.97. The fraction of sp³-hybridized carbons (Fsp3) is 0.474. The van der Waals surface area contributed by atoms with E-state index in [2.05, 4.69) is 16.9 Å². The highest BCUT2D eigenvalue weighted by molar-refractivity contribution is 5.88. The summed E-state index contributed by atoms with van der Waals surface area (Å²) in [6, 6.07) is 3.68. The van der Waals surface area contributed by atoms with Gasteiger partial charge in [0.15, 0.2) is 11.5 Å². The number of carboxylic acid groups (broad SMARTS) is 1. The Hall–Kier alpha value is -2.17. The number of pyridine rings is 1. The van der Waals surface area contributed by atoms with E-state index in [9.17, 15) is 9.18 Å². The average Bonchev–Trinajstić information content (AvgIpc) is 2.96. The first-order valence-electron chi connectivity index (χ1n) is 8.69. The number of carbonyl (C=O) groups is 1. The predicted molar refractivity (Wildman–Crippen MR) is 92.6 cm³/mol. The fourth-order valence-electron chi connectivity index (χ4n) is 2.77. The van der Waals surface area contributed by atoms with Crippen molar-refractivity contribution in [3.63, 3.8) is 0 Å². The predicted octanol–water partition coefficient (Wildman–Crippen LogP) is 5.21. The molecule has 0 aliphatic carbocycles. The molecule has 4 nitrogen and oxygen atoms in total. The third kappa shape index (κ3) is 4.91. The number of aromatic carboxylic acids is 1. The largest absolute Gasteiger partial charge is 0.476 e. The molecule has 0 aliphatic rings. The average molecular weight is 332 g/mol. The minimum atomic E-state index is -1.30. The van der Waals surface area contributed by atoms with E-state index in [0.29, 0.717) is 5.56 Å². The van der Waals surface area contributed by atoms with Crippen molar-refractivity contribution < 1.29 is 14.3 Å². The van der Waals surface area contributed by atoms with Crippen LogP contribution in [0.25, 0.3) is 11.1 Å². The minimum absolute atomic E-state index is 0.238. The Morgan fingerprint density at radius 1 is 1.17 bits per heavy atom. The van der Waals surface area contributed by atoms with Crippen LogP contribution in [0.2, 0.25) is 0 Å². The number of unbranched alkanes of at least 4 members (excludes halogenated alkanes) is 6. The summed E-state index contributed by atoms with van der Waals surface area (Å²) in [7, 11) is 0. The van der Waals surface area contributed by atoms with Gasteiger partial charge in [0.25, 0.3) is 0 Å². The standard InChI is InChI=1S/C19H25FN2O2/c1-2-3-4-5-6-7-8-9-15-11-10-14(12-21-15)16-13-22-18(17(16)20)19(23)24/h10-13,22H,2-9H2,1H3,(H,23,24). The Morgan fingerprint density at radius 2 is 1.88 bits per heavy atom. The Bertz CT molecular complexity index is 650. The number of aryl methyl sites for hydroxylation is 1. The van der Waals surface area contributed by atoms with Gasteiger partial charge in [0.05, 0.1) is 0 Å². The van der Waals surface area contributed by atoms with Gasteiger partial charge < -0.3 is 10.1 Å². The van der Waals surface area contributed by atoms with E-state index >= 15 is 0 Å². The van der Waals surface area contributed by atoms with Crippen molar-refractivity contribution in [1.29, 1.82) is 0 Å². The molecule has 2 aromatic rings. The van der Waals surface area contributed by atoms with Crippen LogP contribution in [0.3, 0.4) is 0 Å². The third-order valence-electron chi connectivity index (χ3n) is 4.20. The molecule has 0 saturated carbocycles. The van der Waals surface area contributed by atoms with Gasteiger partial charge in [0.1, 0.15) is 0 Å². The number of rotatable bonds is 10. The molecule has 130 valence electrons. The molecular weight excluding hydrogens is 307 g/mol. The van der Waals surface area contributed by atoms with E-state index in [4.69, 9.17) is 5.11 Å². The zero-order chi connectivity index (χ0) is 17.4. The SMILES string of the molecule is CCCCCCCCCc1ccc(-c2c[nH]c(C(=O)O)c2F)cn1. The maximum atomic E-state index is 14.0. The molecule has 0 radical (unpaired) electrons. The van der Waals surface area contributed by atoms with E-state index in [1.54, 1.807) is 12.3 Å². The first-order valence-corrected chi connectivity index (χ1v) is 8.69. The van der Waals surface area contributed by atoms with E-state index in [0.717, 1.165) is 18.5 Å². The summed E-state index contributed by atoms with van der Waals surface area (Å²) in [6.07, 6.45) is 12.7. The minimum Gasteiger partial charge on any atom is -0.476 e. The maximum Gasteiger partial charge on any atom is 0.355 e. The lowest BCUT2D eigenvalue weighted by Crippen LogP contribution is -1.99. The normalized spacial score (nSPS) is 10.9. The molecule has 0 bridgehead atoms. The van der Waals surface area contributed by atoms with Crippen LogP contribution in [0.4, 0.5) is 4.39 Å². The number of nitrogens with one attached hydrogen (secondary N) is 1. The van der Waals surface area contributed by atoms with Gasteiger partial charge in [-0.2, -0.15) is 0 Å². The summed E-state index contributed by atoms with van der Waals surface area (Å²) < 4.78 is 14.0. The summed E-state index contributed by atoms with van der Waals surface area (Å²) in [5.41, 5.74) is 1.39. The fourth-order valence-corrected chi connectivity index (χ4v) is 2.77. The van der Waals surface area contributed by atoms with Gasteiger partial charge in [-0.1, -0.05) is 51.5 Å². The highest BCUT2D eigenvalue weighted by atomic mass is 19.1. The number of aromatic nitrogens is 2. The summed E-state index contributed by atoms with van der Waals surface area (Å²) in [5.74, 6) is -2.05. The van der Waals surface area contributed by atoms with Crippen molar-refractivity contribution in [2.24, 2.45) is 0 Å². The number of nitrogens with zero attached hydrogens (tertiary/aromatic N) is 1. The van der Waals surface area contributed by atoms with E-state index < -0.39 is 17.5 Å². The molecule has 24 heavy (non-hydrogen) atoms. The van der Waals surface area contributed by atoms with Crippen LogP contribution >= 0.6 is 0 Å². The lowest BCUT2D eigenvalue weighted by Gasteiger charge is -2.03. The molecule has 0 saturated heterocycles. The van der Waals surface area contributed by atoms with Gasteiger partial charge in [-0.15, -0.1) is 0 Å². The van der Waals surface area contributed by atoms with E-state index in [1.165, 1.54) is 44.7 Å². The zero-order valence-corrected chi connectivity index (χ0v) is 14.1. The molecule has 0 aromatic carbocycles. The van der Waals surface area contributed by atoms with Crippen LogP contribution in [-0.2, 0) is 6.42 Å². The number of H-pyrrole nitrogens is 1. The Morgan fingerprint density at radius 3 is 2.46 bits per heavy atom. The molecular formula is C19H25FN2O2. The lowest BCUT2D eigenvalue weighted by molar-refractivity contribution is 0.0686. The van der Waals surface area contributed by atoms with Crippen LogP contribution in [0.15, 0.2) is 24.5 Å². The van der Waals surface area contributed by atoms with Crippen molar-refractivity contribution in [2.75, 3.05) is 0 Å². The summed E-state index contributed by atoms with van der Waals surface area (Å²) in [5, 5.41) is 8.87. The molecule has 2 N–H and O–H groups in total. The molecule has 0 unspecified atom stereocenters. The van der Waals surface area contributed by atoms with Crippen molar-refractivity contribution >= 4 is 5.97 Å². The van der Waals surface area contributed by atoms with Crippen molar-refractivity contribution in [1.82, 2.24) is 9.97 Å². The Labute approximate surface area is 142 Å². The van der Waals surface area contributed by atoms with Crippen LogP contribution in [-0.4, -0.2) is 21.0 Å². The second kappa shape index (κ2) is 9.21. The van der Waals surface area contributed by atoms with Gasteiger partial charge >= 0.3 is 5.97 Å². The number of carboxylic acids is 1. The topological polar surface area (TPSA) is 66.0 Å². The van der Waals surface area contributed by atoms with Gasteiger partial charge in [0.2, 0.25) is 0 Å². The van der Waals surface area contributed by atoms with Crippen LogP contribution in [0, 0.1) is 5.82 Å². The summed E-state index contributed by atoms with van der Waals surface area (Å²) >= 11 is 0. The molecule has 0 fully saturated rings. The van der Waals surface area contributed by atoms with Crippen LogP contribution in [0.1, 0.15) is 68.1 Å². The zero-order valence-electron chi connectivity index (χ0n) is 14.1. The second-order valence-corrected chi connectivity index (χ2v) is 6.11. The molecule has 2 rings (SSSR count). The van der Waals surface area contributed by atoms with Crippen molar-refractivity contribution in [3.05, 3.63) is 41.7 Å². The molecule has 0 spiro atoms. The van der Waals surface area contributed by atoms with Gasteiger partial charge in [-0.3, -0.25) is 4.98 Å². The van der Waals surface area contributed by atoms with E-state index in [-0.39, 0.29) is 5.56 Å². The van der Waals surface area contributed by atoms with Crippen LogP contribution in [0.5, 0.6) is 0 Å².